The van der Waals surface area contributed by atoms with E-state index in [1.807, 2.05) is 31.2 Å². The van der Waals surface area contributed by atoms with Gasteiger partial charge in [-0.15, -0.1) is 0 Å². The number of carbonyl (C=O) groups is 1. The lowest BCUT2D eigenvalue weighted by Gasteiger charge is -2.30. The molecule has 5 heteroatoms. The Kier molecular flexibility index (Phi) is 5.20. The SMILES string of the molecule is COC(=O)C(C)(NCC1CCCO1)c1cccc(OC)c1. The van der Waals surface area contributed by atoms with Gasteiger partial charge in [-0.05, 0) is 37.5 Å². The quantitative estimate of drug-likeness (QED) is 0.811. The number of ether oxygens (including phenoxy) is 3. The Morgan fingerprint density at radius 3 is 2.90 bits per heavy atom. The molecule has 1 fully saturated rings. The average molecular weight is 293 g/mol. The van der Waals surface area contributed by atoms with E-state index >= 15 is 0 Å². The van der Waals surface area contributed by atoms with Gasteiger partial charge in [-0.2, -0.15) is 0 Å². The smallest absolute Gasteiger partial charge is 0.330 e. The number of hydrogen-bond acceptors (Lipinski definition) is 5. The van der Waals surface area contributed by atoms with Crippen LogP contribution in [0.1, 0.15) is 25.3 Å². The topological polar surface area (TPSA) is 56.8 Å². The van der Waals surface area contributed by atoms with E-state index in [4.69, 9.17) is 14.2 Å². The van der Waals surface area contributed by atoms with Gasteiger partial charge in [-0.1, -0.05) is 12.1 Å². The van der Waals surface area contributed by atoms with Crippen LogP contribution in [0.2, 0.25) is 0 Å². The molecule has 1 saturated heterocycles. The van der Waals surface area contributed by atoms with Crippen molar-refractivity contribution < 1.29 is 19.0 Å². The van der Waals surface area contributed by atoms with Crippen LogP contribution in [-0.4, -0.2) is 39.4 Å². The predicted molar refractivity (Wildman–Crippen MR) is 79.3 cm³/mol. The Labute approximate surface area is 125 Å². The minimum atomic E-state index is -0.921. The molecular weight excluding hydrogens is 270 g/mol. The lowest BCUT2D eigenvalue weighted by Crippen LogP contribution is -2.49. The van der Waals surface area contributed by atoms with Crippen LogP contribution in [-0.2, 0) is 19.8 Å². The lowest BCUT2D eigenvalue weighted by molar-refractivity contribution is -0.148. The van der Waals surface area contributed by atoms with Crippen LogP contribution >= 0.6 is 0 Å². The van der Waals surface area contributed by atoms with Crippen molar-refractivity contribution in [1.29, 1.82) is 0 Å². The zero-order valence-corrected chi connectivity index (χ0v) is 12.8. The second-order valence-electron chi connectivity index (χ2n) is 5.36. The van der Waals surface area contributed by atoms with Crippen LogP contribution in [0, 0.1) is 0 Å². The number of carbonyl (C=O) groups excluding carboxylic acids is 1. The Morgan fingerprint density at radius 2 is 2.29 bits per heavy atom. The molecule has 0 saturated carbocycles. The van der Waals surface area contributed by atoms with Crippen LogP contribution in [0.5, 0.6) is 5.75 Å². The van der Waals surface area contributed by atoms with Crippen molar-refractivity contribution in [2.75, 3.05) is 27.4 Å². The molecule has 5 nitrogen and oxygen atoms in total. The molecule has 1 aliphatic rings. The highest BCUT2D eigenvalue weighted by atomic mass is 16.5. The first-order chi connectivity index (χ1) is 10.1. The van der Waals surface area contributed by atoms with Crippen molar-refractivity contribution in [3.63, 3.8) is 0 Å². The van der Waals surface area contributed by atoms with Crippen molar-refractivity contribution in [2.24, 2.45) is 0 Å². The van der Waals surface area contributed by atoms with Crippen LogP contribution in [0.25, 0.3) is 0 Å². The molecule has 0 aliphatic carbocycles. The zero-order chi connectivity index (χ0) is 15.3. The molecule has 1 aromatic carbocycles. The maximum Gasteiger partial charge on any atom is 0.330 e. The molecule has 2 atom stereocenters. The number of hydrogen-bond donors (Lipinski definition) is 1. The van der Waals surface area contributed by atoms with Crippen LogP contribution in [0.15, 0.2) is 24.3 Å². The largest absolute Gasteiger partial charge is 0.497 e. The predicted octanol–water partition coefficient (Wildman–Crippen LogP) is 1.85. The van der Waals surface area contributed by atoms with Gasteiger partial charge in [0.05, 0.1) is 20.3 Å². The Morgan fingerprint density at radius 1 is 1.48 bits per heavy atom. The number of methoxy groups -OCH3 is 2. The van der Waals surface area contributed by atoms with Gasteiger partial charge < -0.3 is 14.2 Å². The number of rotatable bonds is 6. The normalized spacial score (nSPS) is 20.8. The molecule has 1 N–H and O–H groups in total. The van der Waals surface area contributed by atoms with E-state index in [-0.39, 0.29) is 12.1 Å². The van der Waals surface area contributed by atoms with Gasteiger partial charge >= 0.3 is 5.97 Å². The summed E-state index contributed by atoms with van der Waals surface area (Å²) in [4.78, 5) is 12.3. The van der Waals surface area contributed by atoms with Gasteiger partial charge in [-0.25, -0.2) is 4.79 Å². The molecule has 2 rings (SSSR count). The highest BCUT2D eigenvalue weighted by Gasteiger charge is 2.37. The summed E-state index contributed by atoms with van der Waals surface area (Å²) in [5.41, 5.74) is -0.110. The second kappa shape index (κ2) is 6.91. The van der Waals surface area contributed by atoms with Gasteiger partial charge in [0.2, 0.25) is 0 Å². The van der Waals surface area contributed by atoms with Gasteiger partial charge in [-0.3, -0.25) is 5.32 Å². The molecule has 1 heterocycles. The standard InChI is InChI=1S/C16H23NO4/c1-16(15(18)20-3,17-11-14-8-5-9-21-14)12-6-4-7-13(10-12)19-2/h4,6-7,10,14,17H,5,8-9,11H2,1-3H3. The maximum absolute atomic E-state index is 12.3. The van der Waals surface area contributed by atoms with Crippen molar-refractivity contribution in [1.82, 2.24) is 5.32 Å². The average Bonchev–Trinajstić information content (AvgIpc) is 3.05. The summed E-state index contributed by atoms with van der Waals surface area (Å²) in [7, 11) is 3.00. The first kappa shape index (κ1) is 15.8. The maximum atomic E-state index is 12.3. The lowest BCUT2D eigenvalue weighted by atomic mass is 9.91. The summed E-state index contributed by atoms with van der Waals surface area (Å²) < 4.78 is 15.8. The first-order valence-electron chi connectivity index (χ1n) is 7.19. The van der Waals surface area contributed by atoms with E-state index in [0.717, 1.165) is 25.0 Å². The van der Waals surface area contributed by atoms with E-state index in [1.54, 1.807) is 7.11 Å². The van der Waals surface area contributed by atoms with Crippen LogP contribution in [0.4, 0.5) is 0 Å². The van der Waals surface area contributed by atoms with Gasteiger partial charge in [0.25, 0.3) is 0 Å². The molecule has 0 radical (unpaired) electrons. The number of benzene rings is 1. The van der Waals surface area contributed by atoms with E-state index < -0.39 is 5.54 Å². The fourth-order valence-corrected chi connectivity index (χ4v) is 2.55. The fourth-order valence-electron chi connectivity index (χ4n) is 2.55. The minimum absolute atomic E-state index is 0.152. The van der Waals surface area contributed by atoms with Gasteiger partial charge in [0, 0.05) is 13.2 Å². The summed E-state index contributed by atoms with van der Waals surface area (Å²) in [6, 6.07) is 7.45. The summed E-state index contributed by atoms with van der Waals surface area (Å²) in [6.07, 6.45) is 2.24. The van der Waals surface area contributed by atoms with Crippen molar-refractivity contribution >= 4 is 5.97 Å². The number of esters is 1. The van der Waals surface area contributed by atoms with Crippen LogP contribution < -0.4 is 10.1 Å². The molecule has 21 heavy (non-hydrogen) atoms. The van der Waals surface area contributed by atoms with E-state index in [1.165, 1.54) is 7.11 Å². The minimum Gasteiger partial charge on any atom is -0.497 e. The molecule has 1 aromatic rings. The summed E-state index contributed by atoms with van der Waals surface area (Å²) in [5.74, 6) is 0.385. The van der Waals surface area contributed by atoms with Crippen molar-refractivity contribution in [3.05, 3.63) is 29.8 Å². The monoisotopic (exact) mass is 293 g/mol. The Balaban J connectivity index is 2.20. The molecular formula is C16H23NO4. The third-order valence-corrected chi connectivity index (χ3v) is 3.95. The summed E-state index contributed by atoms with van der Waals surface area (Å²) in [6.45, 7) is 3.23. The fraction of sp³-hybridized carbons (Fsp3) is 0.562. The first-order valence-corrected chi connectivity index (χ1v) is 7.19. The number of nitrogens with one attached hydrogen (secondary N) is 1. The van der Waals surface area contributed by atoms with Gasteiger partial charge in [0.1, 0.15) is 11.3 Å². The molecule has 0 spiro atoms. The molecule has 0 aromatic heterocycles. The highest BCUT2D eigenvalue weighted by molar-refractivity contribution is 5.82. The Bertz CT molecular complexity index is 485. The third-order valence-electron chi connectivity index (χ3n) is 3.95. The molecule has 116 valence electrons. The highest BCUT2D eigenvalue weighted by Crippen LogP contribution is 2.26. The molecule has 0 amide bonds. The summed E-state index contributed by atoms with van der Waals surface area (Å²) >= 11 is 0. The molecule has 0 bridgehead atoms. The van der Waals surface area contributed by atoms with Crippen molar-refractivity contribution in [2.45, 2.75) is 31.4 Å². The molecule has 2 unspecified atom stereocenters. The van der Waals surface area contributed by atoms with E-state index in [2.05, 4.69) is 5.32 Å². The van der Waals surface area contributed by atoms with Gasteiger partial charge in [0.15, 0.2) is 0 Å². The zero-order valence-electron chi connectivity index (χ0n) is 12.8. The summed E-state index contributed by atoms with van der Waals surface area (Å²) in [5, 5.41) is 3.30. The van der Waals surface area contributed by atoms with Crippen molar-refractivity contribution in [3.8, 4) is 5.75 Å². The molecule has 1 aliphatic heterocycles. The second-order valence-corrected chi connectivity index (χ2v) is 5.36. The Hall–Kier alpha value is -1.59. The van der Waals surface area contributed by atoms with E-state index in [0.29, 0.717) is 12.3 Å². The van der Waals surface area contributed by atoms with E-state index in [9.17, 15) is 4.79 Å². The van der Waals surface area contributed by atoms with Crippen LogP contribution in [0.3, 0.4) is 0 Å². The third kappa shape index (κ3) is 3.54.